The van der Waals surface area contributed by atoms with Gasteiger partial charge in [0.05, 0.1) is 28.6 Å². The van der Waals surface area contributed by atoms with Crippen LogP contribution in [0.2, 0.25) is 5.02 Å². The minimum absolute atomic E-state index is 0.0502. The van der Waals surface area contributed by atoms with Crippen LogP contribution < -0.4 is 16.2 Å². The molecular formula is C19H21ClFN7. The average molecular weight is 402 g/mol. The van der Waals surface area contributed by atoms with Crippen LogP contribution in [-0.2, 0) is 0 Å². The molecule has 0 bridgehead atoms. The molecule has 1 fully saturated rings. The smallest absolute Gasteiger partial charge is 0.159 e. The largest absolute Gasteiger partial charge is 0.353 e. The Balaban J connectivity index is 1.52. The molecule has 0 spiro atoms. The molecular weight excluding hydrogens is 381 g/mol. The minimum Gasteiger partial charge on any atom is -0.353 e. The third-order valence-electron chi connectivity index (χ3n) is 5.05. The van der Waals surface area contributed by atoms with Crippen molar-refractivity contribution in [2.45, 2.75) is 33.0 Å². The fraction of sp³-hybridized carbons (Fsp3) is 0.316. The molecule has 3 heterocycles. The quantitative estimate of drug-likeness (QED) is 0.622. The summed E-state index contributed by atoms with van der Waals surface area (Å²) in [6, 6.07) is 8.41. The van der Waals surface area contributed by atoms with Crippen LogP contribution in [0.3, 0.4) is 0 Å². The van der Waals surface area contributed by atoms with Gasteiger partial charge in [0.25, 0.3) is 0 Å². The van der Waals surface area contributed by atoms with Crippen LogP contribution in [0.4, 0.5) is 10.2 Å². The highest BCUT2D eigenvalue weighted by Gasteiger charge is 2.33. The topological polar surface area (TPSA) is 79.7 Å². The highest BCUT2D eigenvalue weighted by molar-refractivity contribution is 6.31. The first kappa shape index (κ1) is 18.8. The zero-order valence-corrected chi connectivity index (χ0v) is 16.5. The van der Waals surface area contributed by atoms with E-state index in [2.05, 4.69) is 38.2 Å². The maximum Gasteiger partial charge on any atom is 0.159 e. The van der Waals surface area contributed by atoms with Gasteiger partial charge in [-0.3, -0.25) is 0 Å². The van der Waals surface area contributed by atoms with Gasteiger partial charge in [0, 0.05) is 12.0 Å². The molecule has 0 saturated carbocycles. The van der Waals surface area contributed by atoms with Crippen molar-refractivity contribution in [1.29, 1.82) is 0 Å². The van der Waals surface area contributed by atoms with Crippen LogP contribution in [0, 0.1) is 25.6 Å². The van der Waals surface area contributed by atoms with E-state index in [-0.39, 0.29) is 23.9 Å². The number of nitrogens with zero attached hydrogens (tertiary/aromatic N) is 4. The van der Waals surface area contributed by atoms with Crippen molar-refractivity contribution in [3.8, 4) is 5.82 Å². The summed E-state index contributed by atoms with van der Waals surface area (Å²) in [5, 5.41) is 8.44. The second kappa shape index (κ2) is 7.46. The van der Waals surface area contributed by atoms with Gasteiger partial charge in [-0.1, -0.05) is 30.7 Å². The van der Waals surface area contributed by atoms with E-state index in [0.29, 0.717) is 16.7 Å². The summed E-state index contributed by atoms with van der Waals surface area (Å²) < 4.78 is 14.9. The van der Waals surface area contributed by atoms with Gasteiger partial charge in [-0.15, -0.1) is 0 Å². The molecule has 1 aromatic carbocycles. The summed E-state index contributed by atoms with van der Waals surface area (Å²) in [6.45, 7) is 5.87. The van der Waals surface area contributed by atoms with Crippen molar-refractivity contribution < 1.29 is 4.39 Å². The number of hydrogen-bond acceptors (Lipinski definition) is 6. The van der Waals surface area contributed by atoms with Crippen LogP contribution in [0.25, 0.3) is 5.82 Å². The van der Waals surface area contributed by atoms with E-state index >= 15 is 0 Å². The molecule has 0 aliphatic carbocycles. The number of rotatable bonds is 4. The standard InChI is InChI=1S/C19H21ClFN7/c1-10-18(13-4-6-14(21)7-5-13)25-26-19(10)24-15-8-16(23-9-22-15)28-12(3)17(20)11(2)27-28/h4-10,18-19,25-26H,1-3H3,(H,22,23,24). The highest BCUT2D eigenvalue weighted by atomic mass is 35.5. The molecule has 0 radical (unpaired) electrons. The zero-order valence-electron chi connectivity index (χ0n) is 15.7. The molecule has 3 unspecified atom stereocenters. The predicted octanol–water partition coefficient (Wildman–Crippen LogP) is 3.29. The summed E-state index contributed by atoms with van der Waals surface area (Å²) in [6.07, 6.45) is 1.42. The lowest BCUT2D eigenvalue weighted by Crippen LogP contribution is -2.38. The Bertz CT molecular complexity index is 988. The molecule has 0 amide bonds. The van der Waals surface area contributed by atoms with E-state index < -0.39 is 0 Å². The first-order valence-electron chi connectivity index (χ1n) is 9.01. The van der Waals surface area contributed by atoms with Crippen molar-refractivity contribution in [1.82, 2.24) is 30.6 Å². The van der Waals surface area contributed by atoms with E-state index in [9.17, 15) is 4.39 Å². The van der Waals surface area contributed by atoms with Gasteiger partial charge in [0.2, 0.25) is 0 Å². The molecule has 1 aliphatic rings. The van der Waals surface area contributed by atoms with E-state index in [4.69, 9.17) is 11.6 Å². The second-order valence-corrected chi connectivity index (χ2v) is 7.34. The van der Waals surface area contributed by atoms with Gasteiger partial charge in [-0.05, 0) is 31.5 Å². The number of halogens is 2. The van der Waals surface area contributed by atoms with Crippen LogP contribution in [0.5, 0.6) is 0 Å². The van der Waals surface area contributed by atoms with Crippen molar-refractivity contribution in [3.63, 3.8) is 0 Å². The maximum absolute atomic E-state index is 13.2. The summed E-state index contributed by atoms with van der Waals surface area (Å²) in [5.74, 6) is 1.25. The number of hydrogen-bond donors (Lipinski definition) is 3. The third-order valence-corrected chi connectivity index (χ3v) is 5.60. The molecule has 4 rings (SSSR count). The van der Waals surface area contributed by atoms with Crippen LogP contribution in [-0.4, -0.2) is 25.9 Å². The first-order chi connectivity index (χ1) is 13.4. The lowest BCUT2D eigenvalue weighted by molar-refractivity contribution is 0.480. The van der Waals surface area contributed by atoms with Gasteiger partial charge in [-0.25, -0.2) is 29.9 Å². The van der Waals surface area contributed by atoms with Gasteiger partial charge >= 0.3 is 0 Å². The number of nitrogens with one attached hydrogen (secondary N) is 3. The Morgan fingerprint density at radius 1 is 1.14 bits per heavy atom. The zero-order chi connectivity index (χ0) is 19.8. The number of benzene rings is 1. The van der Waals surface area contributed by atoms with Gasteiger partial charge in [0.15, 0.2) is 5.82 Å². The highest BCUT2D eigenvalue weighted by Crippen LogP contribution is 2.29. The Morgan fingerprint density at radius 3 is 2.57 bits per heavy atom. The second-order valence-electron chi connectivity index (χ2n) is 6.96. The molecule has 3 aromatic rings. The van der Waals surface area contributed by atoms with Crippen molar-refractivity contribution >= 4 is 17.4 Å². The van der Waals surface area contributed by atoms with Gasteiger partial charge in [0.1, 0.15) is 18.0 Å². The predicted molar refractivity (Wildman–Crippen MR) is 106 cm³/mol. The van der Waals surface area contributed by atoms with E-state index in [1.165, 1.54) is 18.5 Å². The maximum atomic E-state index is 13.2. The number of aromatic nitrogens is 4. The number of aryl methyl sites for hydroxylation is 1. The van der Waals surface area contributed by atoms with E-state index in [1.54, 1.807) is 16.8 Å². The van der Waals surface area contributed by atoms with Crippen LogP contribution >= 0.6 is 11.6 Å². The number of anilines is 1. The monoisotopic (exact) mass is 401 g/mol. The molecule has 3 atom stereocenters. The minimum atomic E-state index is -0.241. The fourth-order valence-corrected chi connectivity index (χ4v) is 3.53. The van der Waals surface area contributed by atoms with E-state index in [1.807, 2.05) is 19.9 Å². The molecule has 146 valence electrons. The first-order valence-corrected chi connectivity index (χ1v) is 9.39. The van der Waals surface area contributed by atoms with Crippen LogP contribution in [0.1, 0.15) is 29.9 Å². The van der Waals surface area contributed by atoms with Gasteiger partial charge in [-0.2, -0.15) is 5.10 Å². The Morgan fingerprint density at radius 2 is 1.89 bits per heavy atom. The molecule has 28 heavy (non-hydrogen) atoms. The van der Waals surface area contributed by atoms with E-state index in [0.717, 1.165) is 17.0 Å². The lowest BCUT2D eigenvalue weighted by atomic mass is 9.94. The summed E-state index contributed by atoms with van der Waals surface area (Å²) in [7, 11) is 0. The van der Waals surface area contributed by atoms with Crippen molar-refractivity contribution in [2.75, 3.05) is 5.32 Å². The molecule has 3 N–H and O–H groups in total. The summed E-state index contributed by atoms with van der Waals surface area (Å²) >= 11 is 6.24. The fourth-order valence-electron chi connectivity index (χ4n) is 3.41. The number of hydrazine groups is 1. The third kappa shape index (κ3) is 3.46. The molecule has 1 saturated heterocycles. The molecule has 1 aliphatic heterocycles. The summed E-state index contributed by atoms with van der Waals surface area (Å²) in [5.41, 5.74) is 9.11. The Labute approximate surface area is 167 Å². The molecule has 9 heteroatoms. The molecule has 7 nitrogen and oxygen atoms in total. The average Bonchev–Trinajstić information content (AvgIpc) is 3.17. The summed E-state index contributed by atoms with van der Waals surface area (Å²) in [4.78, 5) is 8.63. The Hall–Kier alpha value is -2.55. The lowest BCUT2D eigenvalue weighted by Gasteiger charge is -2.20. The molecule has 2 aromatic heterocycles. The normalized spacial score (nSPS) is 21.8. The van der Waals surface area contributed by atoms with Crippen molar-refractivity contribution in [3.05, 3.63) is 64.5 Å². The van der Waals surface area contributed by atoms with Gasteiger partial charge < -0.3 is 5.32 Å². The SMILES string of the molecule is Cc1nn(-c2cc(NC3NNC(c4ccc(F)cc4)C3C)ncn2)c(C)c1Cl. The Kier molecular flexibility index (Phi) is 5.01. The van der Waals surface area contributed by atoms with Crippen molar-refractivity contribution in [2.24, 2.45) is 5.92 Å². The van der Waals surface area contributed by atoms with Crippen LogP contribution in [0.15, 0.2) is 36.7 Å².